The second-order valence-electron chi connectivity index (χ2n) is 8.69. The number of allylic oxidation sites excluding steroid dienone is 1. The van der Waals surface area contributed by atoms with Gasteiger partial charge in [0.05, 0.1) is 21.8 Å². The highest BCUT2D eigenvalue weighted by Gasteiger charge is 2.33. The van der Waals surface area contributed by atoms with Gasteiger partial charge in [0, 0.05) is 31.0 Å². The van der Waals surface area contributed by atoms with E-state index >= 15 is 0 Å². The summed E-state index contributed by atoms with van der Waals surface area (Å²) < 4.78 is 50.5. The lowest BCUT2D eigenvalue weighted by atomic mass is 9.87. The molecule has 0 unspecified atom stereocenters. The van der Waals surface area contributed by atoms with Crippen LogP contribution in [0.1, 0.15) is 41.6 Å². The third-order valence-corrected chi connectivity index (χ3v) is 7.96. The van der Waals surface area contributed by atoms with Gasteiger partial charge >= 0.3 is 0 Å². The summed E-state index contributed by atoms with van der Waals surface area (Å²) in [4.78, 5) is 22.9. The van der Waals surface area contributed by atoms with Gasteiger partial charge in [-0.3, -0.25) is 14.8 Å². The molecule has 1 saturated heterocycles. The Hall–Kier alpha value is -3.24. The van der Waals surface area contributed by atoms with Crippen molar-refractivity contribution in [1.29, 1.82) is 0 Å². The highest BCUT2D eigenvalue weighted by Crippen LogP contribution is 2.29. The third-order valence-electron chi connectivity index (χ3n) is 6.24. The maximum absolute atomic E-state index is 13.0. The van der Waals surface area contributed by atoms with E-state index in [1.165, 1.54) is 18.5 Å². The first-order valence-corrected chi connectivity index (χ1v) is 12.9. The van der Waals surface area contributed by atoms with Gasteiger partial charge in [-0.1, -0.05) is 18.2 Å². The molecule has 0 saturated carbocycles. The van der Waals surface area contributed by atoms with Gasteiger partial charge in [-0.2, -0.15) is 8.78 Å². The first kappa shape index (κ1) is 24.9. The van der Waals surface area contributed by atoms with Crippen molar-refractivity contribution in [3.05, 3.63) is 78.1 Å². The minimum atomic E-state index is -3.70. The van der Waals surface area contributed by atoms with Crippen LogP contribution in [0.5, 0.6) is 0 Å². The predicted octanol–water partition coefficient (Wildman–Crippen LogP) is 4.13. The number of likely N-dealkylation sites (tertiary alicyclic amines) is 1. The average Bonchev–Trinajstić information content (AvgIpc) is 2.83. The molecule has 0 bridgehead atoms. The minimum Gasteiger partial charge on any atom is -0.390 e. The quantitative estimate of drug-likeness (QED) is 0.523. The SMILES string of the molecule is O=C(c1ccc(CS(=O)(=O)c2cccc3nccnc23)cc1)N1CCC(O)(CCC=C(F)F)CC1. The third kappa shape index (κ3) is 5.88. The molecule has 1 N–H and O–H groups in total. The normalized spacial score (nSPS) is 15.7. The molecule has 1 fully saturated rings. The Morgan fingerprint density at radius 1 is 1.06 bits per heavy atom. The molecular weight excluding hydrogens is 476 g/mol. The zero-order valence-corrected chi connectivity index (χ0v) is 19.7. The lowest BCUT2D eigenvalue weighted by Gasteiger charge is -2.38. The second-order valence-corrected chi connectivity index (χ2v) is 10.6. The van der Waals surface area contributed by atoms with Crippen LogP contribution in [-0.4, -0.2) is 53.0 Å². The van der Waals surface area contributed by atoms with Crippen LogP contribution in [-0.2, 0) is 15.6 Å². The number of amides is 1. The zero-order valence-electron chi connectivity index (χ0n) is 18.9. The Kier molecular flexibility index (Phi) is 7.23. The Labute approximate surface area is 202 Å². The van der Waals surface area contributed by atoms with Crippen molar-refractivity contribution in [2.24, 2.45) is 0 Å². The summed E-state index contributed by atoms with van der Waals surface area (Å²) >= 11 is 0. The molecule has 1 amide bonds. The number of carbonyl (C=O) groups is 1. The van der Waals surface area contributed by atoms with E-state index in [1.54, 1.807) is 41.3 Å². The van der Waals surface area contributed by atoms with Crippen LogP contribution in [0.3, 0.4) is 0 Å². The number of benzene rings is 2. The monoisotopic (exact) mass is 501 g/mol. The number of fused-ring (bicyclic) bond motifs is 1. The Bertz CT molecular complexity index is 1340. The number of para-hydroxylation sites is 1. The topological polar surface area (TPSA) is 100 Å². The van der Waals surface area contributed by atoms with Crippen LogP contribution in [0, 0.1) is 0 Å². The van der Waals surface area contributed by atoms with Crippen molar-refractivity contribution in [3.63, 3.8) is 0 Å². The van der Waals surface area contributed by atoms with Gasteiger partial charge in [0.2, 0.25) is 0 Å². The second kappa shape index (κ2) is 10.2. The highest BCUT2D eigenvalue weighted by atomic mass is 32.2. The molecule has 0 aliphatic carbocycles. The molecule has 0 spiro atoms. The Morgan fingerprint density at radius 2 is 1.74 bits per heavy atom. The van der Waals surface area contributed by atoms with Gasteiger partial charge in [0.25, 0.3) is 12.0 Å². The van der Waals surface area contributed by atoms with Crippen molar-refractivity contribution >= 4 is 26.8 Å². The van der Waals surface area contributed by atoms with Crippen molar-refractivity contribution in [2.45, 2.75) is 41.9 Å². The molecule has 4 rings (SSSR count). The predicted molar refractivity (Wildman–Crippen MR) is 126 cm³/mol. The molecule has 2 heterocycles. The lowest BCUT2D eigenvalue weighted by Crippen LogP contribution is -2.46. The van der Waals surface area contributed by atoms with Crippen molar-refractivity contribution in [1.82, 2.24) is 14.9 Å². The van der Waals surface area contributed by atoms with E-state index in [0.717, 1.165) is 6.08 Å². The number of piperidine rings is 1. The number of carbonyl (C=O) groups excluding carboxylic acids is 1. The van der Waals surface area contributed by atoms with Gasteiger partial charge in [-0.15, -0.1) is 0 Å². The summed E-state index contributed by atoms with van der Waals surface area (Å²) in [6.45, 7) is 0.630. The van der Waals surface area contributed by atoms with Crippen LogP contribution in [0.15, 0.2) is 71.9 Å². The van der Waals surface area contributed by atoms with Crippen LogP contribution < -0.4 is 0 Å². The summed E-state index contributed by atoms with van der Waals surface area (Å²) in [5.74, 6) is -0.470. The molecule has 1 aliphatic rings. The van der Waals surface area contributed by atoms with E-state index < -0.39 is 21.5 Å². The number of nitrogens with zero attached hydrogens (tertiary/aromatic N) is 3. The number of aromatic nitrogens is 2. The first-order chi connectivity index (χ1) is 16.7. The first-order valence-electron chi connectivity index (χ1n) is 11.2. The van der Waals surface area contributed by atoms with Gasteiger partial charge in [0.15, 0.2) is 9.84 Å². The van der Waals surface area contributed by atoms with Gasteiger partial charge in [-0.05, 0) is 61.6 Å². The van der Waals surface area contributed by atoms with E-state index in [2.05, 4.69) is 9.97 Å². The molecule has 10 heteroatoms. The minimum absolute atomic E-state index is 0.0858. The van der Waals surface area contributed by atoms with Gasteiger partial charge < -0.3 is 10.0 Å². The Morgan fingerprint density at radius 3 is 2.43 bits per heavy atom. The standard InChI is InChI=1S/C25H25F2N3O4S/c26-22(27)5-2-10-25(32)11-15-30(16-12-25)24(31)19-8-6-18(7-9-19)17-35(33,34)21-4-1-3-20-23(21)29-14-13-28-20/h1,3-9,13-14,32H,2,10-12,15-17H2. The van der Waals surface area contributed by atoms with Crippen molar-refractivity contribution in [2.75, 3.05) is 13.1 Å². The maximum atomic E-state index is 13.0. The summed E-state index contributed by atoms with van der Waals surface area (Å²) in [6.07, 6.45) is 2.91. The molecule has 1 aromatic heterocycles. The molecule has 1 aliphatic heterocycles. The number of rotatable bonds is 7. The summed E-state index contributed by atoms with van der Waals surface area (Å²) in [7, 11) is -3.70. The van der Waals surface area contributed by atoms with Crippen LogP contribution >= 0.6 is 0 Å². The lowest BCUT2D eigenvalue weighted by molar-refractivity contribution is -0.0222. The smallest absolute Gasteiger partial charge is 0.266 e. The molecule has 0 atom stereocenters. The fourth-order valence-corrected chi connectivity index (χ4v) is 5.79. The highest BCUT2D eigenvalue weighted by molar-refractivity contribution is 7.90. The number of halogens is 2. The summed E-state index contributed by atoms with van der Waals surface area (Å²) in [5, 5.41) is 10.6. The Balaban J connectivity index is 1.40. The summed E-state index contributed by atoms with van der Waals surface area (Å²) in [6, 6.07) is 11.2. The largest absolute Gasteiger partial charge is 0.390 e. The van der Waals surface area contributed by atoms with E-state index in [0.29, 0.717) is 48.1 Å². The van der Waals surface area contributed by atoms with Crippen LogP contribution in [0.25, 0.3) is 11.0 Å². The zero-order chi connectivity index (χ0) is 25.1. The molecule has 35 heavy (non-hydrogen) atoms. The van der Waals surface area contributed by atoms with E-state index in [1.807, 2.05) is 0 Å². The number of aliphatic hydroxyl groups is 1. The maximum Gasteiger partial charge on any atom is 0.266 e. The van der Waals surface area contributed by atoms with E-state index in [4.69, 9.17) is 0 Å². The van der Waals surface area contributed by atoms with Crippen molar-refractivity contribution in [3.8, 4) is 0 Å². The molecule has 2 aromatic carbocycles. The fourth-order valence-electron chi connectivity index (χ4n) is 4.27. The molecule has 184 valence electrons. The molecule has 7 nitrogen and oxygen atoms in total. The molecule has 0 radical (unpaired) electrons. The van der Waals surface area contributed by atoms with Crippen molar-refractivity contribution < 1.29 is 27.1 Å². The number of hydrogen-bond acceptors (Lipinski definition) is 6. The molecular formula is C25H25F2N3O4S. The number of hydrogen-bond donors (Lipinski definition) is 1. The molecule has 3 aromatic rings. The number of sulfone groups is 1. The van der Waals surface area contributed by atoms with Crippen LogP contribution in [0.2, 0.25) is 0 Å². The van der Waals surface area contributed by atoms with Crippen LogP contribution in [0.4, 0.5) is 8.78 Å². The fraction of sp³-hybridized carbons (Fsp3) is 0.320. The summed E-state index contributed by atoms with van der Waals surface area (Å²) in [5.41, 5.74) is 0.692. The average molecular weight is 502 g/mol. The van der Waals surface area contributed by atoms with Gasteiger partial charge in [-0.25, -0.2) is 8.42 Å². The van der Waals surface area contributed by atoms with Gasteiger partial charge in [0.1, 0.15) is 5.52 Å². The van der Waals surface area contributed by atoms with E-state index in [-0.39, 0.29) is 29.4 Å². The van der Waals surface area contributed by atoms with E-state index in [9.17, 15) is 27.1 Å².